The second-order valence-corrected chi connectivity index (χ2v) is 4.02. The molecule has 2 atom stereocenters. The zero-order valence-corrected chi connectivity index (χ0v) is 8.71. The van der Waals surface area contributed by atoms with E-state index in [0.717, 1.165) is 6.07 Å². The number of nitrogens with one attached hydrogen (secondary N) is 1. The molecule has 6 heteroatoms. The van der Waals surface area contributed by atoms with Crippen molar-refractivity contribution in [2.45, 2.75) is 12.5 Å². The maximum atomic E-state index is 13.4. The third-order valence-electron chi connectivity index (χ3n) is 2.88. The highest BCUT2D eigenvalue weighted by Gasteiger charge is 2.32. The lowest BCUT2D eigenvalue weighted by Gasteiger charge is -2.12. The summed E-state index contributed by atoms with van der Waals surface area (Å²) in [6.07, 6.45) is 0.120. The standard InChI is InChI=1S/C11H10F3NO2/c12-6-2-7(10(14)8(13)3-6)9-1-5(4-15-9)11(16)17/h2-3,5,9,15H,1,4H2,(H,16,17). The topological polar surface area (TPSA) is 49.3 Å². The number of hydrogen-bond acceptors (Lipinski definition) is 2. The fourth-order valence-corrected chi connectivity index (χ4v) is 1.99. The molecule has 0 saturated carbocycles. The van der Waals surface area contributed by atoms with Crippen LogP contribution in [0.15, 0.2) is 12.1 Å². The van der Waals surface area contributed by atoms with Crippen LogP contribution in [0.5, 0.6) is 0 Å². The number of halogens is 3. The van der Waals surface area contributed by atoms with Gasteiger partial charge in [-0.15, -0.1) is 0 Å². The molecule has 0 radical (unpaired) electrons. The Morgan fingerprint density at radius 3 is 2.65 bits per heavy atom. The number of rotatable bonds is 2. The van der Waals surface area contributed by atoms with E-state index in [1.165, 1.54) is 0 Å². The molecule has 0 spiro atoms. The summed E-state index contributed by atoms with van der Waals surface area (Å²) < 4.78 is 39.4. The van der Waals surface area contributed by atoms with Crippen LogP contribution < -0.4 is 5.32 Å². The number of carbonyl (C=O) groups is 1. The monoisotopic (exact) mass is 245 g/mol. The molecule has 0 bridgehead atoms. The number of hydrogen-bond donors (Lipinski definition) is 2. The predicted molar refractivity (Wildman–Crippen MR) is 52.8 cm³/mol. The Kier molecular flexibility index (Phi) is 3.06. The molecular formula is C11H10F3NO2. The Bertz CT molecular complexity index is 464. The normalized spacial score (nSPS) is 23.9. The average molecular weight is 245 g/mol. The minimum absolute atomic E-state index is 0.120. The average Bonchev–Trinajstić information content (AvgIpc) is 2.72. The van der Waals surface area contributed by atoms with Crippen LogP contribution in [-0.4, -0.2) is 17.6 Å². The molecule has 92 valence electrons. The molecule has 1 aliphatic heterocycles. The molecule has 0 aromatic heterocycles. The van der Waals surface area contributed by atoms with Gasteiger partial charge in [0.2, 0.25) is 0 Å². The summed E-state index contributed by atoms with van der Waals surface area (Å²) in [5.74, 6) is -4.93. The second-order valence-electron chi connectivity index (χ2n) is 4.02. The maximum absolute atomic E-state index is 13.4. The van der Waals surface area contributed by atoms with Crippen LogP contribution in [0.2, 0.25) is 0 Å². The van der Waals surface area contributed by atoms with Gasteiger partial charge >= 0.3 is 5.97 Å². The number of benzene rings is 1. The Hall–Kier alpha value is -1.56. The number of carboxylic acid groups (broad SMARTS) is 1. The fraction of sp³-hybridized carbons (Fsp3) is 0.364. The summed E-state index contributed by atoms with van der Waals surface area (Å²) in [5.41, 5.74) is -0.161. The van der Waals surface area contributed by atoms with Gasteiger partial charge in [-0.1, -0.05) is 0 Å². The molecule has 1 aliphatic rings. The van der Waals surface area contributed by atoms with E-state index in [0.29, 0.717) is 6.07 Å². The van der Waals surface area contributed by atoms with Crippen molar-refractivity contribution in [3.8, 4) is 0 Å². The van der Waals surface area contributed by atoms with Gasteiger partial charge in [0.05, 0.1) is 5.92 Å². The lowest BCUT2D eigenvalue weighted by atomic mass is 9.99. The first kappa shape index (κ1) is 11.9. The van der Waals surface area contributed by atoms with Crippen molar-refractivity contribution in [3.63, 3.8) is 0 Å². The molecule has 2 unspecified atom stereocenters. The van der Waals surface area contributed by atoms with Crippen molar-refractivity contribution in [2.24, 2.45) is 5.92 Å². The van der Waals surface area contributed by atoms with Crippen molar-refractivity contribution in [2.75, 3.05) is 6.54 Å². The summed E-state index contributed by atoms with van der Waals surface area (Å²) >= 11 is 0. The van der Waals surface area contributed by atoms with Crippen molar-refractivity contribution >= 4 is 5.97 Å². The van der Waals surface area contributed by atoms with Gasteiger partial charge in [0.1, 0.15) is 5.82 Å². The maximum Gasteiger partial charge on any atom is 0.307 e. The first-order valence-corrected chi connectivity index (χ1v) is 5.09. The zero-order valence-electron chi connectivity index (χ0n) is 8.71. The first-order chi connectivity index (χ1) is 7.99. The Balaban J connectivity index is 2.27. The highest BCUT2D eigenvalue weighted by atomic mass is 19.2. The molecular weight excluding hydrogens is 235 g/mol. The van der Waals surface area contributed by atoms with E-state index in [9.17, 15) is 18.0 Å². The Morgan fingerprint density at radius 2 is 2.06 bits per heavy atom. The van der Waals surface area contributed by atoms with Crippen LogP contribution in [0.25, 0.3) is 0 Å². The lowest BCUT2D eigenvalue weighted by Crippen LogP contribution is -2.18. The van der Waals surface area contributed by atoms with Crippen molar-refractivity contribution in [1.29, 1.82) is 0 Å². The second kappa shape index (κ2) is 4.37. The summed E-state index contributed by atoms with van der Waals surface area (Å²) in [6.45, 7) is 0.164. The predicted octanol–water partition coefficient (Wildman–Crippen LogP) is 1.84. The molecule has 1 aromatic carbocycles. The zero-order chi connectivity index (χ0) is 12.6. The highest BCUT2D eigenvalue weighted by molar-refractivity contribution is 5.70. The minimum atomic E-state index is -1.26. The van der Waals surface area contributed by atoms with Crippen molar-refractivity contribution in [3.05, 3.63) is 35.1 Å². The van der Waals surface area contributed by atoms with Crippen LogP contribution in [0.4, 0.5) is 13.2 Å². The van der Waals surface area contributed by atoms with E-state index in [-0.39, 0.29) is 18.5 Å². The summed E-state index contributed by atoms with van der Waals surface area (Å²) in [7, 11) is 0. The van der Waals surface area contributed by atoms with Crippen LogP contribution in [0.3, 0.4) is 0 Å². The van der Waals surface area contributed by atoms with Crippen LogP contribution in [0, 0.1) is 23.4 Å². The van der Waals surface area contributed by atoms with Crippen LogP contribution in [-0.2, 0) is 4.79 Å². The molecule has 2 rings (SSSR count). The molecule has 1 aromatic rings. The van der Waals surface area contributed by atoms with Gasteiger partial charge in [0.25, 0.3) is 0 Å². The van der Waals surface area contributed by atoms with Crippen LogP contribution >= 0.6 is 0 Å². The molecule has 1 fully saturated rings. The van der Waals surface area contributed by atoms with Crippen molar-refractivity contribution in [1.82, 2.24) is 5.32 Å². The third-order valence-corrected chi connectivity index (χ3v) is 2.88. The number of aliphatic carboxylic acids is 1. The molecule has 1 heterocycles. The van der Waals surface area contributed by atoms with E-state index in [4.69, 9.17) is 5.11 Å². The van der Waals surface area contributed by atoms with Crippen LogP contribution in [0.1, 0.15) is 18.0 Å². The van der Waals surface area contributed by atoms with E-state index < -0.39 is 35.4 Å². The first-order valence-electron chi connectivity index (χ1n) is 5.09. The van der Waals surface area contributed by atoms with Gasteiger partial charge < -0.3 is 10.4 Å². The Labute approximate surface area is 95.3 Å². The molecule has 1 saturated heterocycles. The van der Waals surface area contributed by atoms with E-state index in [1.807, 2.05) is 0 Å². The highest BCUT2D eigenvalue weighted by Crippen LogP contribution is 2.30. The number of carboxylic acids is 1. The third kappa shape index (κ3) is 2.26. The summed E-state index contributed by atoms with van der Waals surface area (Å²) in [5, 5.41) is 11.5. The van der Waals surface area contributed by atoms with E-state index in [2.05, 4.69) is 5.32 Å². The van der Waals surface area contributed by atoms with Gasteiger partial charge in [-0.25, -0.2) is 13.2 Å². The SMILES string of the molecule is O=C(O)C1CNC(c2cc(F)cc(F)c2F)C1. The molecule has 17 heavy (non-hydrogen) atoms. The quantitative estimate of drug-likeness (QED) is 0.781. The molecule has 2 N–H and O–H groups in total. The molecule has 3 nitrogen and oxygen atoms in total. The smallest absolute Gasteiger partial charge is 0.307 e. The summed E-state index contributed by atoms with van der Waals surface area (Å²) in [4.78, 5) is 10.7. The van der Waals surface area contributed by atoms with E-state index >= 15 is 0 Å². The lowest BCUT2D eigenvalue weighted by molar-refractivity contribution is -0.141. The van der Waals surface area contributed by atoms with E-state index in [1.54, 1.807) is 0 Å². The van der Waals surface area contributed by atoms with Gasteiger partial charge in [-0.05, 0) is 12.5 Å². The molecule has 0 aliphatic carbocycles. The van der Waals surface area contributed by atoms with Gasteiger partial charge in [0, 0.05) is 24.2 Å². The van der Waals surface area contributed by atoms with Crippen molar-refractivity contribution < 1.29 is 23.1 Å². The minimum Gasteiger partial charge on any atom is -0.481 e. The van der Waals surface area contributed by atoms with Gasteiger partial charge in [-0.3, -0.25) is 4.79 Å². The van der Waals surface area contributed by atoms with Gasteiger partial charge in [-0.2, -0.15) is 0 Å². The summed E-state index contributed by atoms with van der Waals surface area (Å²) in [6, 6.07) is 0.685. The fourth-order valence-electron chi connectivity index (χ4n) is 1.99. The largest absolute Gasteiger partial charge is 0.481 e. The Morgan fingerprint density at radius 1 is 1.35 bits per heavy atom. The molecule has 0 amide bonds. The van der Waals surface area contributed by atoms with Gasteiger partial charge in [0.15, 0.2) is 11.6 Å².